The van der Waals surface area contributed by atoms with Gasteiger partial charge in [0.15, 0.2) is 11.3 Å². The number of likely N-dealkylation sites (tertiary alicyclic amines) is 1. The van der Waals surface area contributed by atoms with Crippen molar-refractivity contribution in [2.45, 2.75) is 33.2 Å². The molecule has 2 aromatic heterocycles. The van der Waals surface area contributed by atoms with Crippen LogP contribution in [0.15, 0.2) is 42.5 Å². The molecule has 1 saturated heterocycles. The number of aromatic nitrogens is 3. The van der Waals surface area contributed by atoms with Crippen LogP contribution in [0.5, 0.6) is 0 Å². The Hall–Kier alpha value is -2.60. The second kappa shape index (κ2) is 7.83. The molecule has 0 N–H and O–H groups in total. The normalized spacial score (nSPS) is 20.9. The number of nitrogens with zero attached hydrogens (tertiary/aromatic N) is 5. The standard InChI is InChI=1S/C24H28ClN5O/c1-15(2)12-29(16(3)17-7-5-4-6-8-17)23-11-21(25)26-22-10-20(27-30(22)23)24(31)28-13-18-9-19(18)14-28/h4-8,10-11,15-16,18-19H,9,12-14H2,1-3H3. The van der Waals surface area contributed by atoms with Crippen LogP contribution in [0.2, 0.25) is 5.15 Å². The van der Waals surface area contributed by atoms with Gasteiger partial charge in [-0.15, -0.1) is 0 Å². The van der Waals surface area contributed by atoms with Gasteiger partial charge in [0.2, 0.25) is 0 Å². The lowest BCUT2D eigenvalue weighted by Gasteiger charge is -2.33. The molecule has 1 aromatic carbocycles. The highest BCUT2D eigenvalue weighted by atomic mass is 35.5. The van der Waals surface area contributed by atoms with Crippen molar-refractivity contribution in [1.29, 1.82) is 0 Å². The third kappa shape index (κ3) is 3.89. The SMILES string of the molecule is CC(C)CN(c1cc(Cl)nc2cc(C(=O)N3CC4CC4C3)nn12)C(C)c1ccccc1. The number of piperidine rings is 1. The van der Waals surface area contributed by atoms with Crippen LogP contribution in [0.1, 0.15) is 49.3 Å². The average Bonchev–Trinajstić information content (AvgIpc) is 3.16. The zero-order valence-corrected chi connectivity index (χ0v) is 19.0. The van der Waals surface area contributed by atoms with Crippen molar-refractivity contribution in [1.82, 2.24) is 19.5 Å². The van der Waals surface area contributed by atoms with Crippen LogP contribution in [0, 0.1) is 17.8 Å². The van der Waals surface area contributed by atoms with Gasteiger partial charge in [-0.25, -0.2) is 4.98 Å². The molecule has 1 aliphatic heterocycles. The largest absolute Gasteiger partial charge is 0.349 e. The van der Waals surface area contributed by atoms with Gasteiger partial charge in [-0.3, -0.25) is 4.79 Å². The number of benzene rings is 1. The van der Waals surface area contributed by atoms with Gasteiger partial charge in [0.05, 0.1) is 6.04 Å². The summed E-state index contributed by atoms with van der Waals surface area (Å²) in [6, 6.07) is 14.1. The Bertz CT molecular complexity index is 1100. The molecule has 0 radical (unpaired) electrons. The van der Waals surface area contributed by atoms with E-state index in [0.29, 0.717) is 34.2 Å². The van der Waals surface area contributed by atoms with Gasteiger partial charge in [0.25, 0.3) is 5.91 Å². The molecule has 3 aromatic rings. The number of carbonyl (C=O) groups is 1. The van der Waals surface area contributed by atoms with Crippen LogP contribution in [-0.4, -0.2) is 45.0 Å². The molecule has 2 aliphatic rings. The summed E-state index contributed by atoms with van der Waals surface area (Å²) in [7, 11) is 0. The summed E-state index contributed by atoms with van der Waals surface area (Å²) in [6.45, 7) is 9.10. The number of amides is 1. The molecule has 162 valence electrons. The lowest BCUT2D eigenvalue weighted by atomic mass is 10.1. The van der Waals surface area contributed by atoms with Crippen molar-refractivity contribution in [2.75, 3.05) is 24.5 Å². The maximum Gasteiger partial charge on any atom is 0.274 e. The average molecular weight is 438 g/mol. The molecule has 1 aliphatic carbocycles. The van der Waals surface area contributed by atoms with Crippen LogP contribution in [0.3, 0.4) is 0 Å². The summed E-state index contributed by atoms with van der Waals surface area (Å²) in [5.74, 6) is 2.66. The molecular formula is C24H28ClN5O. The molecule has 0 spiro atoms. The third-order valence-corrected chi connectivity index (χ3v) is 6.66. The minimum Gasteiger partial charge on any atom is -0.349 e. The Kier molecular flexibility index (Phi) is 5.13. The number of halogens is 1. The van der Waals surface area contributed by atoms with E-state index in [1.165, 1.54) is 12.0 Å². The molecule has 3 heterocycles. The summed E-state index contributed by atoms with van der Waals surface area (Å²) < 4.78 is 1.78. The Morgan fingerprint density at radius 2 is 1.87 bits per heavy atom. The van der Waals surface area contributed by atoms with Gasteiger partial charge >= 0.3 is 0 Å². The molecule has 7 heteroatoms. The van der Waals surface area contributed by atoms with E-state index in [-0.39, 0.29) is 11.9 Å². The molecule has 1 amide bonds. The van der Waals surface area contributed by atoms with Crippen LogP contribution < -0.4 is 4.90 Å². The lowest BCUT2D eigenvalue weighted by Crippen LogP contribution is -2.33. The molecular weight excluding hydrogens is 410 g/mol. The van der Waals surface area contributed by atoms with E-state index in [1.807, 2.05) is 17.0 Å². The van der Waals surface area contributed by atoms with E-state index in [1.54, 1.807) is 10.6 Å². The van der Waals surface area contributed by atoms with E-state index in [9.17, 15) is 4.79 Å². The summed E-state index contributed by atoms with van der Waals surface area (Å²) in [5, 5.41) is 5.11. The maximum atomic E-state index is 13.1. The van der Waals surface area contributed by atoms with Crippen molar-refractivity contribution in [3.8, 4) is 0 Å². The molecule has 3 unspecified atom stereocenters. The number of anilines is 1. The Labute approximate surface area is 187 Å². The quantitative estimate of drug-likeness (QED) is 0.524. The Morgan fingerprint density at radius 1 is 1.16 bits per heavy atom. The second-order valence-corrected chi connectivity index (χ2v) is 9.72. The second-order valence-electron chi connectivity index (χ2n) is 9.34. The first-order valence-corrected chi connectivity index (χ1v) is 11.5. The number of hydrogen-bond acceptors (Lipinski definition) is 4. The Balaban J connectivity index is 1.54. The molecule has 31 heavy (non-hydrogen) atoms. The predicted molar refractivity (Wildman–Crippen MR) is 123 cm³/mol. The minimum atomic E-state index is -0.00806. The summed E-state index contributed by atoms with van der Waals surface area (Å²) >= 11 is 6.42. The molecule has 0 bridgehead atoms. The zero-order chi connectivity index (χ0) is 21.7. The van der Waals surface area contributed by atoms with Crippen molar-refractivity contribution in [3.05, 3.63) is 58.9 Å². The van der Waals surface area contributed by atoms with Gasteiger partial charge < -0.3 is 9.80 Å². The first-order valence-electron chi connectivity index (χ1n) is 11.1. The van der Waals surface area contributed by atoms with Crippen LogP contribution >= 0.6 is 11.6 Å². The van der Waals surface area contributed by atoms with Gasteiger partial charge in [-0.1, -0.05) is 55.8 Å². The van der Waals surface area contributed by atoms with E-state index in [0.717, 1.165) is 25.5 Å². The molecule has 1 saturated carbocycles. The molecule has 3 atom stereocenters. The molecule has 2 fully saturated rings. The van der Waals surface area contributed by atoms with Crippen molar-refractivity contribution >= 4 is 29.0 Å². The molecule has 5 rings (SSSR count). The highest BCUT2D eigenvalue weighted by molar-refractivity contribution is 6.29. The first-order chi connectivity index (χ1) is 14.9. The van der Waals surface area contributed by atoms with E-state index in [4.69, 9.17) is 16.7 Å². The van der Waals surface area contributed by atoms with Crippen LogP contribution in [-0.2, 0) is 0 Å². The zero-order valence-electron chi connectivity index (χ0n) is 18.2. The summed E-state index contributed by atoms with van der Waals surface area (Å²) in [5.41, 5.74) is 2.25. The summed E-state index contributed by atoms with van der Waals surface area (Å²) in [6.07, 6.45) is 1.26. The van der Waals surface area contributed by atoms with Gasteiger partial charge in [0.1, 0.15) is 11.0 Å². The minimum absolute atomic E-state index is 0.00806. The number of carbonyl (C=O) groups excluding carboxylic acids is 1. The van der Waals surface area contributed by atoms with Gasteiger partial charge in [-0.2, -0.15) is 9.61 Å². The van der Waals surface area contributed by atoms with Crippen molar-refractivity contribution in [3.63, 3.8) is 0 Å². The fraction of sp³-hybridized carbons (Fsp3) is 0.458. The number of fused-ring (bicyclic) bond motifs is 2. The topological polar surface area (TPSA) is 53.7 Å². The van der Waals surface area contributed by atoms with Gasteiger partial charge in [-0.05, 0) is 36.7 Å². The monoisotopic (exact) mass is 437 g/mol. The molecule has 6 nitrogen and oxygen atoms in total. The van der Waals surface area contributed by atoms with Crippen LogP contribution in [0.4, 0.5) is 5.82 Å². The van der Waals surface area contributed by atoms with Crippen molar-refractivity contribution in [2.24, 2.45) is 17.8 Å². The third-order valence-electron chi connectivity index (χ3n) is 6.47. The highest BCUT2D eigenvalue weighted by Crippen LogP contribution is 2.45. The fourth-order valence-electron chi connectivity index (χ4n) is 4.72. The number of rotatable bonds is 6. The van der Waals surface area contributed by atoms with Crippen molar-refractivity contribution < 1.29 is 4.79 Å². The summed E-state index contributed by atoms with van der Waals surface area (Å²) in [4.78, 5) is 21.7. The fourth-order valence-corrected chi connectivity index (χ4v) is 4.90. The Morgan fingerprint density at radius 3 is 2.55 bits per heavy atom. The smallest absolute Gasteiger partial charge is 0.274 e. The van der Waals surface area contributed by atoms with Gasteiger partial charge in [0, 0.05) is 31.8 Å². The van der Waals surface area contributed by atoms with E-state index < -0.39 is 0 Å². The van der Waals surface area contributed by atoms with E-state index in [2.05, 4.69) is 54.9 Å². The first kappa shape index (κ1) is 20.3. The predicted octanol–water partition coefficient (Wildman–Crippen LogP) is 4.70. The number of hydrogen-bond donors (Lipinski definition) is 0. The maximum absolute atomic E-state index is 13.1. The van der Waals surface area contributed by atoms with E-state index >= 15 is 0 Å². The lowest BCUT2D eigenvalue weighted by molar-refractivity contribution is 0.0769. The highest BCUT2D eigenvalue weighted by Gasteiger charge is 2.47. The van der Waals surface area contributed by atoms with Crippen LogP contribution in [0.25, 0.3) is 5.65 Å².